The van der Waals surface area contributed by atoms with Crippen LogP contribution in [-0.4, -0.2) is 32.3 Å². The molecule has 19 heteroatoms. The van der Waals surface area contributed by atoms with Crippen LogP contribution in [0.5, 0.6) is 0 Å². The Hall–Kier alpha value is -12.1. The molecule has 0 aliphatic heterocycles. The van der Waals surface area contributed by atoms with E-state index in [4.69, 9.17) is 17.7 Å². The highest BCUT2D eigenvalue weighted by Gasteiger charge is 2.37. The largest absolute Gasteiger partial charge is 0.455 e. The van der Waals surface area contributed by atoms with Crippen molar-refractivity contribution in [2.24, 2.45) is 39.5 Å². The quantitative estimate of drug-likeness (QED) is 0.0694. The molecule has 139 heavy (non-hydrogen) atoms. The van der Waals surface area contributed by atoms with Gasteiger partial charge >= 0.3 is 0 Å². The van der Waals surface area contributed by atoms with Crippen LogP contribution in [0.2, 0.25) is 78.6 Å². The van der Waals surface area contributed by atoms with E-state index in [0.717, 1.165) is 238 Å². The fourth-order valence-corrected chi connectivity index (χ4v) is 26.2. The zero-order valence-electron chi connectivity index (χ0n) is 86.5. The number of fused-ring (bicyclic) bond motifs is 16. The average Bonchev–Trinajstić information content (AvgIpc) is 1.22. The molecule has 8 nitrogen and oxygen atoms in total. The van der Waals surface area contributed by atoms with Crippen LogP contribution in [0.1, 0.15) is 116 Å². The standard InChI is InChI=1S/C32H37FNOSi.C31H34F2NOSi.C30H32F2NOSi.C27H26F2NOSi/c1-19-14-24-22-12-10-11-13-28(22)35-31(24)30(20(19)2)27-15-21(18-32(3,4)5)23-16-25(33)29(36(7,8)9)17-26(23)34(27)6;1-17(2)11-20-13-27(34(5)26-16-29(36(6,7)8)25(33)15-23(20)26)30-19(4)18(3)12-24-22-10-9-21(32)14-28(22)35-31(24)30;1-16(2)21-14-26(33(5)25-15-28(35(6,7)8)24(32)13-22(21)25)29-18(4)17(3)11-23-20-10-9-19(31)12-27(20)34-30(23)29;1-15-11-20-19-9-8-18(28)13-24(19)31-27(20)26(16(15)2)22-10-7-17-12-21(29)25(32(4,5)6)14-23(17)30(22)3/h10-17H,18H2,1-9H3;9-10,12-17H,11H2,1-8H3;9-16H,1-8H3;7-14H,1-6H3/q4*+1. The molecule has 0 atom stereocenters. The molecule has 20 rings (SSSR count). The van der Waals surface area contributed by atoms with E-state index in [1.54, 1.807) is 42.5 Å². The second-order valence-corrected chi connectivity index (χ2v) is 65.2. The number of aromatic nitrogens is 4. The lowest BCUT2D eigenvalue weighted by atomic mass is 9.85. The van der Waals surface area contributed by atoms with E-state index in [1.165, 1.54) is 53.1 Å². The van der Waals surface area contributed by atoms with Gasteiger partial charge in [-0.15, -0.1) is 0 Å². The minimum atomic E-state index is -1.90. The highest BCUT2D eigenvalue weighted by atomic mass is 28.3. The van der Waals surface area contributed by atoms with Crippen molar-refractivity contribution in [2.45, 2.75) is 201 Å². The van der Waals surface area contributed by atoms with Crippen LogP contribution in [0.3, 0.4) is 0 Å². The Balaban J connectivity index is 0.000000128. The topological polar surface area (TPSA) is 68.1 Å². The summed E-state index contributed by atoms with van der Waals surface area (Å²) >= 11 is 0. The van der Waals surface area contributed by atoms with Crippen LogP contribution in [0, 0.1) is 107 Å². The Kier molecular flexibility index (Phi) is 25.4. The predicted octanol–water partition coefficient (Wildman–Crippen LogP) is 30.5. The van der Waals surface area contributed by atoms with E-state index in [9.17, 15) is 17.6 Å². The van der Waals surface area contributed by atoms with Crippen LogP contribution in [0.4, 0.5) is 30.7 Å². The summed E-state index contributed by atoms with van der Waals surface area (Å²) in [5.41, 5.74) is 30.8. The minimum absolute atomic E-state index is 0.0639. The van der Waals surface area contributed by atoms with Crippen molar-refractivity contribution in [3.63, 3.8) is 0 Å². The monoisotopic (exact) mass is 1930 g/mol. The second kappa shape index (κ2) is 35.9. The Morgan fingerprint density at radius 2 is 0.604 bits per heavy atom. The predicted molar refractivity (Wildman–Crippen MR) is 577 cm³/mol. The molecule has 0 saturated heterocycles. The fourth-order valence-electron chi connectivity index (χ4n) is 20.8. The SMILES string of the molecule is Cc1cc2c(oc3cc(F)ccc32)c(-c2cc(C(C)C)c3cc(F)c([Si](C)(C)C)cc3[n+]2C)c1C.Cc1cc2c(oc3cc(F)ccc32)c(-c2cc(CC(C)C)c3cc(F)c([Si](C)(C)C)cc3[n+]2C)c1C.Cc1cc2c(oc3cc(F)ccc32)c(-c2ccc3cc(F)c([Si](C)(C)C)cc3[n+]2C)c1C.Cc1cc2c(oc3ccccc32)c(-c2cc(CC(C)(C)C)c3cc(F)c([Si](C)(C)C)cc3[n+]2C)c1C. The number of furan rings is 4. The Bertz CT molecular complexity index is 8530. The van der Waals surface area contributed by atoms with Gasteiger partial charge in [0.05, 0.1) is 70.7 Å². The number of rotatable bonds is 12. The number of nitrogens with zero attached hydrogens (tertiary/aromatic N) is 4. The number of pyridine rings is 4. The number of hydrogen-bond acceptors (Lipinski definition) is 4. The molecular weight excluding hydrogens is 1810 g/mol. The van der Waals surface area contributed by atoms with Crippen molar-refractivity contribution in [1.29, 1.82) is 0 Å². The van der Waals surface area contributed by atoms with Crippen LogP contribution in [0.15, 0.2) is 200 Å². The zero-order valence-corrected chi connectivity index (χ0v) is 90.5. The summed E-state index contributed by atoms with van der Waals surface area (Å²) in [6.07, 6.45) is 1.70. The average molecular weight is 1940 g/mol. The van der Waals surface area contributed by atoms with Gasteiger partial charge < -0.3 is 17.7 Å². The first kappa shape index (κ1) is 98.5. The smallest absolute Gasteiger partial charge is 0.217 e. The van der Waals surface area contributed by atoms with Crippen molar-refractivity contribution in [2.75, 3.05) is 0 Å². The molecule has 0 fully saturated rings. The first-order valence-electron chi connectivity index (χ1n) is 48.5. The van der Waals surface area contributed by atoms with E-state index in [2.05, 4.69) is 288 Å². The van der Waals surface area contributed by atoms with Crippen LogP contribution in [-0.2, 0) is 41.0 Å². The van der Waals surface area contributed by atoms with Gasteiger partial charge in [0, 0.05) is 115 Å². The van der Waals surface area contributed by atoms with Gasteiger partial charge in [-0.1, -0.05) is 145 Å². The minimum Gasteiger partial charge on any atom is -0.455 e. The van der Waals surface area contributed by atoms with Gasteiger partial charge in [0.25, 0.3) is 0 Å². The van der Waals surface area contributed by atoms with E-state index in [-0.39, 0.29) is 52.1 Å². The van der Waals surface area contributed by atoms with Gasteiger partial charge in [-0.05, 0) is 264 Å². The number of para-hydroxylation sites is 1. The summed E-state index contributed by atoms with van der Waals surface area (Å²) in [5, 5.41) is 15.1. The van der Waals surface area contributed by atoms with Gasteiger partial charge in [0.2, 0.25) is 44.8 Å². The van der Waals surface area contributed by atoms with Crippen LogP contribution in [0.25, 0.3) is 176 Å². The molecule has 0 N–H and O–H groups in total. The maximum absolute atomic E-state index is 15.4. The van der Waals surface area contributed by atoms with Gasteiger partial charge in [-0.25, -0.2) is 30.7 Å². The first-order valence-corrected chi connectivity index (χ1v) is 62.5. The summed E-state index contributed by atoms with van der Waals surface area (Å²) in [7, 11) is 0.714. The molecule has 0 amide bonds. The number of hydrogen-bond donors (Lipinski definition) is 0. The van der Waals surface area contributed by atoms with E-state index >= 15 is 13.2 Å². The normalized spacial score (nSPS) is 12.6. The molecule has 0 unspecified atom stereocenters. The summed E-state index contributed by atoms with van der Waals surface area (Å²) in [6, 6.07) is 56.8. The maximum atomic E-state index is 15.4. The highest BCUT2D eigenvalue weighted by molar-refractivity contribution is 6.90. The molecule has 12 aromatic carbocycles. The molecule has 714 valence electrons. The molecule has 8 aromatic heterocycles. The van der Waals surface area contributed by atoms with Gasteiger partial charge in [0.1, 0.15) is 114 Å². The Morgan fingerprint density at radius 1 is 0.295 bits per heavy atom. The maximum Gasteiger partial charge on any atom is 0.217 e. The van der Waals surface area contributed by atoms with E-state index in [0.29, 0.717) is 22.7 Å². The number of benzene rings is 12. The molecule has 0 bridgehead atoms. The summed E-state index contributed by atoms with van der Waals surface area (Å²) < 4.78 is 137. The van der Waals surface area contributed by atoms with Crippen molar-refractivity contribution >= 4 is 184 Å². The lowest BCUT2D eigenvalue weighted by Crippen LogP contribution is -2.42. The molecule has 8 heterocycles. The number of halogens is 7. The summed E-state index contributed by atoms with van der Waals surface area (Å²) in [4.78, 5) is 0. The lowest BCUT2D eigenvalue weighted by Gasteiger charge is -2.22. The van der Waals surface area contributed by atoms with Gasteiger partial charge in [-0.2, -0.15) is 18.3 Å². The third kappa shape index (κ3) is 18.0. The molecule has 0 radical (unpaired) electrons. The van der Waals surface area contributed by atoms with Gasteiger partial charge in [-0.3, -0.25) is 0 Å². The Labute approximate surface area is 815 Å². The first-order chi connectivity index (χ1) is 65.1. The van der Waals surface area contributed by atoms with Crippen LogP contribution >= 0.6 is 0 Å². The summed E-state index contributed by atoms with van der Waals surface area (Å²) in [5.74, 6) is -0.731. The van der Waals surface area contributed by atoms with Crippen molar-refractivity contribution < 1.29 is 66.7 Å². The third-order valence-corrected chi connectivity index (χ3v) is 36.7. The van der Waals surface area contributed by atoms with Crippen molar-refractivity contribution in [3.8, 4) is 45.0 Å². The van der Waals surface area contributed by atoms with E-state index < -0.39 is 32.3 Å². The second-order valence-electron chi connectivity index (χ2n) is 45.1. The molecular formula is C120H129F7N4O4Si4+4. The molecule has 0 spiro atoms. The van der Waals surface area contributed by atoms with Crippen LogP contribution < -0.4 is 39.0 Å². The lowest BCUT2D eigenvalue weighted by molar-refractivity contribution is -0.633. The van der Waals surface area contributed by atoms with Crippen molar-refractivity contribution in [1.82, 2.24) is 0 Å². The molecule has 20 aromatic rings. The molecule has 0 aliphatic carbocycles. The fraction of sp³-hybridized carbons (Fsp3) is 0.300. The van der Waals surface area contributed by atoms with Gasteiger partial charge in [0.15, 0.2) is 0 Å². The molecule has 0 aliphatic rings. The highest BCUT2D eigenvalue weighted by Crippen LogP contribution is 2.47. The molecule has 0 saturated carbocycles. The third-order valence-electron chi connectivity index (χ3n) is 28.8. The zero-order chi connectivity index (χ0) is 101. The number of aryl methyl sites for hydroxylation is 8. The Morgan fingerprint density at radius 3 is 0.971 bits per heavy atom. The van der Waals surface area contributed by atoms with Crippen molar-refractivity contribution in [3.05, 3.63) is 284 Å². The summed E-state index contributed by atoms with van der Waals surface area (Å²) in [6.45, 7) is 58.5. The van der Waals surface area contributed by atoms with E-state index in [1.807, 2.05) is 44.4 Å².